The third kappa shape index (κ3) is 4.46. The van der Waals surface area contributed by atoms with Gasteiger partial charge in [-0.25, -0.2) is 0 Å². The first-order valence-electron chi connectivity index (χ1n) is 17.6. The fraction of sp³-hybridized carbons (Fsp3) is 0.364. The van der Waals surface area contributed by atoms with Crippen LogP contribution < -0.4 is 0 Å². The molecule has 2 unspecified atom stereocenters. The summed E-state index contributed by atoms with van der Waals surface area (Å²) in [6, 6.07) is 33.4. The molecule has 2 fully saturated rings. The van der Waals surface area contributed by atoms with Gasteiger partial charge in [-0.2, -0.15) is 0 Å². The van der Waals surface area contributed by atoms with Gasteiger partial charge in [-0.1, -0.05) is 0 Å². The Labute approximate surface area is 276 Å². The van der Waals surface area contributed by atoms with E-state index in [9.17, 15) is 0 Å². The molecular weight excluding hydrogens is 707 g/mol. The second-order valence-corrected chi connectivity index (χ2v) is 32.9. The SMILES string of the molecule is CC(C)c1ccc(-c2cccc3c2C=C2[CH]3[Hf]([CH3])([CH3])[CH]3C(=Cc4c(-c5ccc(C(C)C)cc5)cccc43)C23CCCCC3)cc1. The van der Waals surface area contributed by atoms with E-state index in [1.807, 2.05) is 11.1 Å². The normalized spacial score (nSPS) is 22.1. The van der Waals surface area contributed by atoms with Gasteiger partial charge in [0, 0.05) is 0 Å². The third-order valence-corrected chi connectivity index (χ3v) is 27.4. The number of rotatable bonds is 4. The zero-order valence-corrected chi connectivity index (χ0v) is 31.7. The molecule has 2 atom stereocenters. The monoisotopic (exact) mass is 756 g/mol. The number of allylic oxidation sites excluding steroid dienone is 2. The van der Waals surface area contributed by atoms with Gasteiger partial charge in [0.25, 0.3) is 0 Å². The number of hydrogen-bond donors (Lipinski definition) is 0. The minimum absolute atomic E-state index is 0.207. The molecule has 0 bridgehead atoms. The van der Waals surface area contributed by atoms with Gasteiger partial charge in [0.05, 0.1) is 0 Å². The predicted octanol–water partition coefficient (Wildman–Crippen LogP) is 13.1. The van der Waals surface area contributed by atoms with Gasteiger partial charge in [-0.05, 0) is 0 Å². The van der Waals surface area contributed by atoms with Crippen molar-refractivity contribution in [1.82, 2.24) is 0 Å². The van der Waals surface area contributed by atoms with Crippen LogP contribution in [0.25, 0.3) is 34.4 Å². The van der Waals surface area contributed by atoms with Crippen molar-refractivity contribution in [1.29, 1.82) is 0 Å². The van der Waals surface area contributed by atoms with Gasteiger partial charge in [0.1, 0.15) is 0 Å². The minimum atomic E-state index is -3.07. The van der Waals surface area contributed by atoms with Crippen molar-refractivity contribution in [2.75, 3.05) is 0 Å². The zero-order chi connectivity index (χ0) is 31.1. The molecule has 8 rings (SSSR count). The molecule has 0 amide bonds. The maximum atomic E-state index is 2.80. The van der Waals surface area contributed by atoms with E-state index in [0.717, 1.165) is 0 Å². The molecule has 1 spiro atoms. The van der Waals surface area contributed by atoms with Crippen molar-refractivity contribution in [3.63, 3.8) is 0 Å². The molecule has 1 saturated heterocycles. The Hall–Kier alpha value is -2.77. The fourth-order valence-electron chi connectivity index (χ4n) is 9.90. The fourth-order valence-corrected chi connectivity index (χ4v) is 27.0. The molecule has 0 nitrogen and oxygen atoms in total. The van der Waals surface area contributed by atoms with Crippen molar-refractivity contribution >= 4 is 12.2 Å². The van der Waals surface area contributed by atoms with Crippen LogP contribution in [0.5, 0.6) is 0 Å². The standard InChI is InChI=1S/C42H42.2CH3.Hf/c1-28(2)30-14-18-32(19-15-30)38-12-8-10-34-24-36(26-40(34)38)42(22-6-5-7-23-42)37-25-35-11-9-13-39(41(35)27-37)33-20-16-31(17-21-33)29(3)4;;;/h8-21,24-29H,5-7,22-23H2,1-4H3;2*1H3;. The third-order valence-electron chi connectivity index (χ3n) is 12.2. The Bertz CT molecular complexity index is 1710. The Kier molecular flexibility index (Phi) is 7.18. The van der Waals surface area contributed by atoms with E-state index >= 15 is 0 Å². The quantitative estimate of drug-likeness (QED) is 0.182. The summed E-state index contributed by atoms with van der Waals surface area (Å²) < 4.78 is 6.92. The molecule has 1 heterocycles. The molecule has 0 N–H and O–H groups in total. The van der Waals surface area contributed by atoms with Crippen LogP contribution in [-0.4, -0.2) is 0 Å². The van der Waals surface area contributed by atoms with E-state index in [1.165, 1.54) is 76.6 Å². The topological polar surface area (TPSA) is 0 Å². The first-order valence-corrected chi connectivity index (χ1v) is 28.9. The van der Waals surface area contributed by atoms with Crippen molar-refractivity contribution in [3.8, 4) is 22.3 Å². The molecule has 4 aromatic rings. The predicted molar refractivity (Wildman–Crippen MR) is 191 cm³/mol. The van der Waals surface area contributed by atoms with E-state index in [-0.39, 0.29) is 5.41 Å². The molecule has 0 radical (unpaired) electrons. The van der Waals surface area contributed by atoms with Crippen LogP contribution in [0.4, 0.5) is 0 Å². The van der Waals surface area contributed by atoms with E-state index in [2.05, 4.69) is 134 Å². The number of benzene rings is 4. The van der Waals surface area contributed by atoms with Crippen LogP contribution in [0.2, 0.25) is 9.36 Å². The summed E-state index contributed by atoms with van der Waals surface area (Å²) >= 11 is -3.07. The van der Waals surface area contributed by atoms with Gasteiger partial charge in [0.2, 0.25) is 0 Å². The van der Waals surface area contributed by atoms with Gasteiger partial charge < -0.3 is 0 Å². The first kappa shape index (κ1) is 29.6. The Balaban J connectivity index is 1.30. The summed E-state index contributed by atoms with van der Waals surface area (Å²) in [5.74, 6) is 1.12. The van der Waals surface area contributed by atoms with Gasteiger partial charge in [-0.15, -0.1) is 0 Å². The maximum absolute atomic E-state index is 3.07. The summed E-state index contributed by atoms with van der Waals surface area (Å²) in [7, 11) is 0. The van der Waals surface area contributed by atoms with Crippen molar-refractivity contribution in [2.45, 2.75) is 88.3 Å². The van der Waals surface area contributed by atoms with E-state index in [1.54, 1.807) is 11.1 Å². The molecule has 3 aliphatic carbocycles. The molecule has 4 aliphatic rings. The van der Waals surface area contributed by atoms with Crippen LogP contribution in [0.3, 0.4) is 0 Å². The zero-order valence-electron chi connectivity index (χ0n) is 28.1. The van der Waals surface area contributed by atoms with Crippen molar-refractivity contribution in [3.05, 3.63) is 129 Å². The second-order valence-electron chi connectivity index (χ2n) is 15.7. The van der Waals surface area contributed by atoms with Gasteiger partial charge in [0.15, 0.2) is 0 Å². The molecule has 228 valence electrons. The second kappa shape index (κ2) is 10.9. The van der Waals surface area contributed by atoms with Crippen molar-refractivity contribution in [2.24, 2.45) is 5.41 Å². The number of fused-ring (bicyclic) bond motifs is 8. The van der Waals surface area contributed by atoms with Crippen LogP contribution >= 0.6 is 0 Å². The van der Waals surface area contributed by atoms with Crippen LogP contribution in [0.15, 0.2) is 96.1 Å². The van der Waals surface area contributed by atoms with E-state index in [4.69, 9.17) is 0 Å². The number of hydrogen-bond acceptors (Lipinski definition) is 0. The summed E-state index contributed by atoms with van der Waals surface area (Å²) in [5.41, 5.74) is 18.7. The van der Waals surface area contributed by atoms with Gasteiger partial charge in [-0.3, -0.25) is 0 Å². The van der Waals surface area contributed by atoms with Crippen LogP contribution in [-0.2, 0) is 20.0 Å². The average Bonchev–Trinajstić information content (AvgIpc) is 3.66. The summed E-state index contributed by atoms with van der Waals surface area (Å²) in [6.07, 6.45) is 12.2. The Morgan fingerprint density at radius 3 is 1.38 bits per heavy atom. The van der Waals surface area contributed by atoms with E-state index < -0.39 is 20.0 Å². The van der Waals surface area contributed by atoms with E-state index in [0.29, 0.717) is 19.2 Å². The molecule has 1 saturated carbocycles. The summed E-state index contributed by atoms with van der Waals surface area (Å²) in [4.78, 5) is 0. The molecule has 45 heavy (non-hydrogen) atoms. The summed E-state index contributed by atoms with van der Waals surface area (Å²) in [6.45, 7) is 9.16. The van der Waals surface area contributed by atoms with Crippen molar-refractivity contribution < 1.29 is 20.0 Å². The summed E-state index contributed by atoms with van der Waals surface area (Å²) in [5, 5.41) is 0. The molecule has 1 heteroatoms. The van der Waals surface area contributed by atoms with Gasteiger partial charge >= 0.3 is 278 Å². The molecule has 0 aromatic heterocycles. The first-order chi connectivity index (χ1) is 21.7. The molecular formula is C44H48Hf. The molecule has 4 aromatic carbocycles. The van der Waals surface area contributed by atoms with Crippen LogP contribution in [0, 0.1) is 5.41 Å². The Morgan fingerprint density at radius 1 is 0.556 bits per heavy atom. The molecule has 1 aliphatic heterocycles. The van der Waals surface area contributed by atoms with Crippen LogP contribution in [0.1, 0.15) is 112 Å². The average molecular weight is 755 g/mol. The Morgan fingerprint density at radius 2 is 0.978 bits per heavy atom.